The van der Waals surface area contributed by atoms with Gasteiger partial charge in [0.1, 0.15) is 5.41 Å². The van der Waals surface area contributed by atoms with Crippen LogP contribution in [0, 0.1) is 5.41 Å². The van der Waals surface area contributed by atoms with E-state index in [9.17, 15) is 9.59 Å². The number of hydrogen-bond donors (Lipinski definition) is 2. The van der Waals surface area contributed by atoms with Gasteiger partial charge in [-0.25, -0.2) is 0 Å². The molecule has 1 aliphatic carbocycles. The standard InChI is InChI=1S/C19H18Cl2N2O2/c20-15-5-1-13(2-6-15)11-22-17(24)19(9-10-19)18(25)23-12-14-3-7-16(21)8-4-14/h1-8H,9-12H2,(H,22,24)(H,23,25). The van der Waals surface area contributed by atoms with Crippen molar-refractivity contribution in [3.63, 3.8) is 0 Å². The maximum atomic E-state index is 12.4. The van der Waals surface area contributed by atoms with E-state index < -0.39 is 5.41 Å². The fourth-order valence-corrected chi connectivity index (χ4v) is 2.84. The zero-order valence-electron chi connectivity index (χ0n) is 13.5. The Balaban J connectivity index is 1.53. The smallest absolute Gasteiger partial charge is 0.235 e. The van der Waals surface area contributed by atoms with E-state index in [-0.39, 0.29) is 11.8 Å². The summed E-state index contributed by atoms with van der Waals surface area (Å²) in [6.45, 7) is 0.754. The minimum absolute atomic E-state index is 0.226. The Bertz CT molecular complexity index is 706. The maximum absolute atomic E-state index is 12.4. The van der Waals surface area contributed by atoms with Crippen molar-refractivity contribution in [1.82, 2.24) is 10.6 Å². The molecule has 2 aromatic rings. The van der Waals surface area contributed by atoms with E-state index >= 15 is 0 Å². The molecule has 1 aliphatic rings. The summed E-state index contributed by atoms with van der Waals surface area (Å²) in [6.07, 6.45) is 1.15. The molecule has 2 aromatic carbocycles. The fraction of sp³-hybridized carbons (Fsp3) is 0.263. The molecule has 4 nitrogen and oxygen atoms in total. The van der Waals surface area contributed by atoms with Crippen molar-refractivity contribution in [2.75, 3.05) is 0 Å². The molecule has 0 saturated heterocycles. The maximum Gasteiger partial charge on any atom is 0.235 e. The molecule has 2 N–H and O–H groups in total. The highest BCUT2D eigenvalue weighted by Gasteiger charge is 2.56. The van der Waals surface area contributed by atoms with Crippen LogP contribution < -0.4 is 10.6 Å². The van der Waals surface area contributed by atoms with E-state index in [2.05, 4.69) is 10.6 Å². The number of amides is 2. The summed E-state index contributed by atoms with van der Waals surface area (Å²) in [7, 11) is 0. The molecule has 0 bridgehead atoms. The first-order valence-electron chi connectivity index (χ1n) is 8.05. The van der Waals surface area contributed by atoms with Crippen molar-refractivity contribution in [3.05, 3.63) is 69.7 Å². The Morgan fingerprint density at radius 1 is 0.760 bits per heavy atom. The zero-order chi connectivity index (χ0) is 17.9. The molecular formula is C19H18Cl2N2O2. The van der Waals surface area contributed by atoms with Gasteiger partial charge in [0.25, 0.3) is 0 Å². The van der Waals surface area contributed by atoms with Gasteiger partial charge >= 0.3 is 0 Å². The summed E-state index contributed by atoms with van der Waals surface area (Å²) in [4.78, 5) is 24.9. The normalized spacial score (nSPS) is 14.6. The average molecular weight is 377 g/mol. The lowest BCUT2D eigenvalue weighted by Gasteiger charge is -2.15. The van der Waals surface area contributed by atoms with Crippen molar-refractivity contribution in [3.8, 4) is 0 Å². The van der Waals surface area contributed by atoms with Crippen molar-refractivity contribution in [1.29, 1.82) is 0 Å². The monoisotopic (exact) mass is 376 g/mol. The van der Waals surface area contributed by atoms with E-state index in [1.54, 1.807) is 24.3 Å². The molecule has 0 aromatic heterocycles. The Morgan fingerprint density at radius 3 is 1.44 bits per heavy atom. The van der Waals surface area contributed by atoms with Crippen LogP contribution >= 0.6 is 23.2 Å². The number of hydrogen-bond acceptors (Lipinski definition) is 2. The zero-order valence-corrected chi connectivity index (χ0v) is 15.0. The van der Waals surface area contributed by atoms with Crippen molar-refractivity contribution >= 4 is 35.0 Å². The van der Waals surface area contributed by atoms with Crippen molar-refractivity contribution in [2.24, 2.45) is 5.41 Å². The van der Waals surface area contributed by atoms with Gasteiger partial charge in [0.05, 0.1) is 0 Å². The second kappa shape index (κ2) is 7.46. The number of carbonyl (C=O) groups is 2. The molecule has 2 amide bonds. The first-order chi connectivity index (χ1) is 12.0. The highest BCUT2D eigenvalue weighted by atomic mass is 35.5. The lowest BCUT2D eigenvalue weighted by Crippen LogP contribution is -2.42. The molecule has 25 heavy (non-hydrogen) atoms. The number of nitrogens with one attached hydrogen (secondary N) is 2. The number of halogens is 2. The van der Waals surface area contributed by atoms with Gasteiger partial charge in [-0.1, -0.05) is 47.5 Å². The third-order valence-corrected chi connectivity index (χ3v) is 4.86. The summed E-state index contributed by atoms with van der Waals surface area (Å²) in [6, 6.07) is 14.5. The fourth-order valence-electron chi connectivity index (χ4n) is 2.59. The number of rotatable bonds is 6. The van der Waals surface area contributed by atoms with Gasteiger partial charge in [-0.05, 0) is 48.2 Å². The van der Waals surface area contributed by atoms with Gasteiger partial charge < -0.3 is 10.6 Å². The summed E-state index contributed by atoms with van der Waals surface area (Å²) in [5, 5.41) is 6.99. The van der Waals surface area contributed by atoms with E-state index in [1.807, 2.05) is 24.3 Å². The Morgan fingerprint density at radius 2 is 1.12 bits per heavy atom. The van der Waals surface area contributed by atoms with Gasteiger partial charge in [-0.2, -0.15) is 0 Å². The summed E-state index contributed by atoms with van der Waals surface area (Å²) >= 11 is 11.7. The highest BCUT2D eigenvalue weighted by molar-refractivity contribution is 6.30. The Kier molecular flexibility index (Phi) is 5.30. The number of benzene rings is 2. The van der Waals surface area contributed by atoms with E-state index in [4.69, 9.17) is 23.2 Å². The molecule has 3 rings (SSSR count). The van der Waals surface area contributed by atoms with Crippen LogP contribution in [0.25, 0.3) is 0 Å². The first-order valence-corrected chi connectivity index (χ1v) is 8.81. The van der Waals surface area contributed by atoms with Gasteiger partial charge in [-0.3, -0.25) is 9.59 Å². The SMILES string of the molecule is O=C(NCc1ccc(Cl)cc1)C1(C(=O)NCc2ccc(Cl)cc2)CC1. The second-order valence-electron chi connectivity index (χ2n) is 6.20. The Labute approximate surface area is 156 Å². The predicted octanol–water partition coefficient (Wildman–Crippen LogP) is 3.71. The third kappa shape index (κ3) is 4.33. The summed E-state index contributed by atoms with van der Waals surface area (Å²) in [5.41, 5.74) is 0.948. The molecule has 0 spiro atoms. The molecule has 0 radical (unpaired) electrons. The minimum atomic E-state index is -0.932. The molecule has 0 unspecified atom stereocenters. The van der Waals surface area contributed by atoms with Crippen molar-refractivity contribution in [2.45, 2.75) is 25.9 Å². The topological polar surface area (TPSA) is 58.2 Å². The van der Waals surface area contributed by atoms with Crippen LogP contribution in [0.15, 0.2) is 48.5 Å². The largest absolute Gasteiger partial charge is 0.351 e. The van der Waals surface area contributed by atoms with Crippen LogP contribution in [0.4, 0.5) is 0 Å². The quantitative estimate of drug-likeness (QED) is 0.755. The van der Waals surface area contributed by atoms with Crippen LogP contribution in [0.3, 0.4) is 0 Å². The Hall–Kier alpha value is -2.04. The highest BCUT2D eigenvalue weighted by Crippen LogP contribution is 2.46. The molecule has 0 heterocycles. The first kappa shape index (κ1) is 17.8. The summed E-state index contributed by atoms with van der Waals surface area (Å²) in [5.74, 6) is -0.452. The van der Waals surface area contributed by atoms with E-state index in [0.29, 0.717) is 36.0 Å². The van der Waals surface area contributed by atoms with Gasteiger partial charge in [0.2, 0.25) is 11.8 Å². The molecule has 1 saturated carbocycles. The molecule has 130 valence electrons. The van der Waals surface area contributed by atoms with Crippen LogP contribution in [-0.4, -0.2) is 11.8 Å². The lowest BCUT2D eigenvalue weighted by molar-refractivity contribution is -0.137. The molecule has 0 aliphatic heterocycles. The lowest BCUT2D eigenvalue weighted by atomic mass is 10.0. The predicted molar refractivity (Wildman–Crippen MR) is 98.3 cm³/mol. The van der Waals surface area contributed by atoms with Crippen LogP contribution in [0.1, 0.15) is 24.0 Å². The van der Waals surface area contributed by atoms with Crippen LogP contribution in [-0.2, 0) is 22.7 Å². The minimum Gasteiger partial charge on any atom is -0.351 e. The molecule has 6 heteroatoms. The van der Waals surface area contributed by atoms with Crippen LogP contribution in [0.2, 0.25) is 10.0 Å². The average Bonchev–Trinajstić information content (AvgIpc) is 3.42. The molecule has 1 fully saturated rings. The third-order valence-electron chi connectivity index (χ3n) is 4.35. The summed E-state index contributed by atoms with van der Waals surface area (Å²) < 4.78 is 0. The van der Waals surface area contributed by atoms with Crippen LogP contribution in [0.5, 0.6) is 0 Å². The van der Waals surface area contributed by atoms with Crippen molar-refractivity contribution < 1.29 is 9.59 Å². The number of carbonyl (C=O) groups excluding carboxylic acids is 2. The van der Waals surface area contributed by atoms with E-state index in [1.165, 1.54) is 0 Å². The molecule has 0 atom stereocenters. The second-order valence-corrected chi connectivity index (χ2v) is 7.07. The van der Waals surface area contributed by atoms with Gasteiger partial charge in [-0.15, -0.1) is 0 Å². The molecular weight excluding hydrogens is 359 g/mol. The van der Waals surface area contributed by atoms with Gasteiger partial charge in [0.15, 0.2) is 0 Å². The van der Waals surface area contributed by atoms with E-state index in [0.717, 1.165) is 11.1 Å². The van der Waals surface area contributed by atoms with Gasteiger partial charge in [0, 0.05) is 23.1 Å².